The van der Waals surface area contributed by atoms with Crippen LogP contribution in [0.25, 0.3) is 0 Å². The van der Waals surface area contributed by atoms with Crippen LogP contribution in [-0.2, 0) is 25.6 Å². The van der Waals surface area contributed by atoms with E-state index in [1.807, 2.05) is 126 Å². The summed E-state index contributed by atoms with van der Waals surface area (Å²) in [5.41, 5.74) is 2.72. The van der Waals surface area contributed by atoms with Crippen molar-refractivity contribution in [2.24, 2.45) is 16.8 Å². The van der Waals surface area contributed by atoms with Crippen LogP contribution < -0.4 is 0 Å². The molecule has 10 aromatic rings. The minimum Gasteiger partial charge on any atom is -0.348 e. The average molecular weight is 1130 g/mol. The Kier molecular flexibility index (Phi) is 14.0. The Morgan fingerprint density at radius 2 is 0.952 bits per heavy atom. The molecule has 1 saturated heterocycles. The van der Waals surface area contributed by atoms with E-state index in [1.54, 1.807) is 67.3 Å². The molecule has 12 nitrogen and oxygen atoms in total. The number of aromatic nitrogens is 4. The molecule has 8 aromatic carbocycles. The van der Waals surface area contributed by atoms with Gasteiger partial charge in [0.25, 0.3) is 5.91 Å². The van der Waals surface area contributed by atoms with Crippen molar-refractivity contribution in [3.05, 3.63) is 318 Å². The van der Waals surface area contributed by atoms with Gasteiger partial charge in [0.15, 0.2) is 16.5 Å². The molecule has 3 aliphatic rings. The van der Waals surface area contributed by atoms with Crippen molar-refractivity contribution in [1.82, 2.24) is 29.1 Å². The molecule has 2 N–H and O–H groups in total. The lowest BCUT2D eigenvalue weighted by Gasteiger charge is -2.55. The number of H-pyrrole nitrogens is 2. The number of nitriles is 1. The highest BCUT2D eigenvalue weighted by Gasteiger charge is 2.74. The largest absolute Gasteiger partial charge is 0.348 e. The van der Waals surface area contributed by atoms with Crippen LogP contribution in [0.4, 0.5) is 0 Å². The maximum atomic E-state index is 18.5. The lowest BCUT2D eigenvalue weighted by atomic mass is 9.47. The predicted molar refractivity (Wildman–Crippen MR) is 322 cm³/mol. The summed E-state index contributed by atoms with van der Waals surface area (Å²) in [5.74, 6) is -3.32. The zero-order valence-electron chi connectivity index (χ0n) is 45.0. The molecular formula is C69H56N8O4S2. The second-order valence-electron chi connectivity index (χ2n) is 21.4. The Morgan fingerprint density at radius 1 is 0.578 bits per heavy atom. The summed E-state index contributed by atoms with van der Waals surface area (Å²) in [6, 6.07) is 78.5. The van der Waals surface area contributed by atoms with Gasteiger partial charge in [-0.2, -0.15) is 9.57 Å². The molecular weight excluding hydrogens is 1070 g/mol. The SMILES string of the molecule is N#Cc1ccc(C(=O)CSC2=NC(C(c3cnc[nH]3)C(c3ccccc3)(c3ccccc3)c3ccccc3)(C(c3cnc[nH]3)C(c3ccccc3)(c3ccccc3)c3ccccc3)C(=O)N2C2C3CN(S(=O)(=O)c4ccccc4)CC32)cc1. The quantitative estimate of drug-likeness (QED) is 0.0632. The van der Waals surface area contributed by atoms with Crippen LogP contribution in [0.2, 0.25) is 0 Å². The van der Waals surface area contributed by atoms with Crippen LogP contribution in [0.5, 0.6) is 0 Å². The van der Waals surface area contributed by atoms with Gasteiger partial charge in [0.1, 0.15) is 0 Å². The van der Waals surface area contributed by atoms with Gasteiger partial charge in [0, 0.05) is 60.3 Å². The van der Waals surface area contributed by atoms with Crippen LogP contribution in [0.15, 0.2) is 272 Å². The van der Waals surface area contributed by atoms with Crippen molar-refractivity contribution < 1.29 is 18.0 Å². The number of imidazole rings is 2. The smallest absolute Gasteiger partial charge is 0.258 e. The molecule has 83 heavy (non-hydrogen) atoms. The number of thioether (sulfide) groups is 1. The normalized spacial score (nSPS) is 19.6. The van der Waals surface area contributed by atoms with Gasteiger partial charge in [-0.25, -0.2) is 23.4 Å². The number of amidine groups is 1. The highest BCUT2D eigenvalue weighted by molar-refractivity contribution is 8.14. The fourth-order valence-corrected chi connectivity index (χ4v) is 16.3. The van der Waals surface area contributed by atoms with Crippen molar-refractivity contribution in [2.45, 2.75) is 39.1 Å². The Hall–Kier alpha value is -9.26. The topological polar surface area (TPSA) is 168 Å². The molecule has 1 amide bonds. The van der Waals surface area contributed by atoms with E-state index in [1.165, 1.54) is 16.1 Å². The molecule has 4 atom stereocenters. The second-order valence-corrected chi connectivity index (χ2v) is 24.3. The maximum absolute atomic E-state index is 18.5. The minimum absolute atomic E-state index is 0.118. The van der Waals surface area contributed by atoms with Crippen LogP contribution >= 0.6 is 11.8 Å². The van der Waals surface area contributed by atoms with E-state index in [-0.39, 0.29) is 47.3 Å². The number of hydrogen-bond acceptors (Lipinski definition) is 9. The van der Waals surface area contributed by atoms with Crippen molar-refractivity contribution >= 4 is 38.6 Å². The first kappa shape index (κ1) is 53.1. The molecule has 1 aliphatic carbocycles. The third kappa shape index (κ3) is 8.86. The number of nitrogens with zero attached hydrogens (tertiary/aromatic N) is 6. The fourth-order valence-electron chi connectivity index (χ4n) is 13.8. The molecule has 14 heteroatoms. The second kappa shape index (κ2) is 21.9. The number of rotatable bonds is 18. The Bertz CT molecular complexity index is 3710. The van der Waals surface area contributed by atoms with Gasteiger partial charge in [-0.1, -0.05) is 224 Å². The van der Waals surface area contributed by atoms with Crippen LogP contribution in [0.1, 0.15) is 72.5 Å². The van der Waals surface area contributed by atoms with Gasteiger partial charge >= 0.3 is 0 Å². The van der Waals surface area contributed by atoms with E-state index in [0.29, 0.717) is 27.7 Å². The molecule has 2 aliphatic heterocycles. The summed E-state index contributed by atoms with van der Waals surface area (Å²) in [4.78, 5) is 58.5. The molecule has 13 rings (SSSR count). The number of piperidine rings is 1. The maximum Gasteiger partial charge on any atom is 0.258 e. The van der Waals surface area contributed by atoms with E-state index in [4.69, 9.17) is 15.0 Å². The number of ketones is 1. The fraction of sp³-hybridized carbons (Fsp3) is 0.159. The van der Waals surface area contributed by atoms with Gasteiger partial charge in [0.05, 0.1) is 57.6 Å². The Labute approximate surface area is 486 Å². The van der Waals surface area contributed by atoms with Crippen LogP contribution in [0.3, 0.4) is 0 Å². The lowest BCUT2D eigenvalue weighted by molar-refractivity contribution is -0.134. The van der Waals surface area contributed by atoms with Gasteiger partial charge in [0.2, 0.25) is 10.0 Å². The van der Waals surface area contributed by atoms with Gasteiger partial charge in [-0.05, 0) is 57.6 Å². The number of aromatic amines is 2. The van der Waals surface area contributed by atoms with Gasteiger partial charge in [-0.15, -0.1) is 0 Å². The van der Waals surface area contributed by atoms with Crippen molar-refractivity contribution in [3.63, 3.8) is 0 Å². The zero-order valence-corrected chi connectivity index (χ0v) is 46.6. The number of Topliss-reactive ketones (excluding diaryl/α,β-unsaturated/α-hetero) is 1. The zero-order chi connectivity index (χ0) is 56.6. The van der Waals surface area contributed by atoms with Crippen LogP contribution in [-0.4, -0.2) is 84.8 Å². The number of amides is 1. The van der Waals surface area contributed by atoms with Gasteiger partial charge < -0.3 is 9.97 Å². The predicted octanol–water partition coefficient (Wildman–Crippen LogP) is 11.8. The third-order valence-corrected chi connectivity index (χ3v) is 20.1. The summed E-state index contributed by atoms with van der Waals surface area (Å²) in [6.07, 6.45) is 6.96. The molecule has 408 valence electrons. The first-order valence-corrected chi connectivity index (χ1v) is 30.1. The standard InChI is InChI=1S/C69H56N8O4S2/c70-40-48-36-38-49(39-37-48)61(78)45-82-66-75-69(65(79)77(66)62-57-43-76(44-58(57)62)83(80,81)56-34-20-7-21-35-56,63(59-41-71-46-73-59)67(50-22-8-1-9-23-50,51-24-10-2-11-25-51)52-26-12-3-13-27-52)64(60-42-72-47-74-60)68(53-28-14-4-15-29-53,54-30-16-5-17-31-54)55-32-18-6-19-33-55/h1-39,41-42,46-47,57-58,62-64H,43-45H2,(H,71,73)(H,72,74). The number of nitrogens with one attached hydrogen (secondary N) is 2. The van der Waals surface area contributed by atoms with Crippen LogP contribution in [0, 0.1) is 23.2 Å². The van der Waals surface area contributed by atoms with Crippen molar-refractivity contribution in [2.75, 3.05) is 18.8 Å². The first-order chi connectivity index (χ1) is 40.7. The van der Waals surface area contributed by atoms with Gasteiger partial charge in [-0.3, -0.25) is 14.5 Å². The monoisotopic (exact) mass is 1120 g/mol. The number of fused-ring (bicyclic) bond motifs is 1. The summed E-state index contributed by atoms with van der Waals surface area (Å²) in [6.45, 7) is 0.340. The highest BCUT2D eigenvalue weighted by Crippen LogP contribution is 2.67. The third-order valence-electron chi connectivity index (χ3n) is 17.3. The molecule has 0 radical (unpaired) electrons. The molecule has 1 saturated carbocycles. The van der Waals surface area contributed by atoms with E-state index in [9.17, 15) is 18.5 Å². The molecule has 0 spiro atoms. The first-order valence-electron chi connectivity index (χ1n) is 27.7. The van der Waals surface area contributed by atoms with E-state index >= 15 is 4.79 Å². The van der Waals surface area contributed by atoms with E-state index < -0.39 is 44.3 Å². The molecule has 2 fully saturated rings. The summed E-state index contributed by atoms with van der Waals surface area (Å²) >= 11 is 1.20. The minimum atomic E-state index is -3.90. The summed E-state index contributed by atoms with van der Waals surface area (Å²) in [5, 5.41) is 10.0. The summed E-state index contributed by atoms with van der Waals surface area (Å²) in [7, 11) is -3.90. The van der Waals surface area contributed by atoms with Crippen molar-refractivity contribution in [3.8, 4) is 6.07 Å². The lowest BCUT2D eigenvalue weighted by Crippen LogP contribution is -2.62. The Morgan fingerprint density at radius 3 is 1.30 bits per heavy atom. The van der Waals surface area contributed by atoms with E-state index in [2.05, 4.69) is 88.8 Å². The molecule has 4 unspecified atom stereocenters. The highest BCUT2D eigenvalue weighted by atomic mass is 32.2. The number of aliphatic imine (C=N–C) groups is 1. The average Bonchev–Trinajstić information content (AvgIpc) is 1.72. The number of sulfonamides is 1. The molecule has 4 heterocycles. The van der Waals surface area contributed by atoms with E-state index in [0.717, 1.165) is 33.4 Å². The number of hydrogen-bond donors (Lipinski definition) is 2. The summed E-state index contributed by atoms with van der Waals surface area (Å²) < 4.78 is 30.4. The number of carbonyl (C=O) groups is 2. The molecule has 2 aromatic heterocycles. The number of carbonyl (C=O) groups excluding carboxylic acids is 2. The Balaban J connectivity index is 1.16. The number of benzene rings is 8. The van der Waals surface area contributed by atoms with Crippen molar-refractivity contribution in [1.29, 1.82) is 5.26 Å². The molecule has 0 bridgehead atoms.